The van der Waals surface area contributed by atoms with Crippen LogP contribution in [0.4, 0.5) is 0 Å². The predicted molar refractivity (Wildman–Crippen MR) is 76.3 cm³/mol. The zero-order chi connectivity index (χ0) is 13.4. The van der Waals surface area contributed by atoms with Crippen molar-refractivity contribution in [3.05, 3.63) is 54.0 Å². The highest BCUT2D eigenvalue weighted by Crippen LogP contribution is 2.33. The lowest BCUT2D eigenvalue weighted by Crippen LogP contribution is -1.91. The minimum atomic E-state index is 0.602. The molecular formula is C16H14N2O. The average molecular weight is 250 g/mol. The molecule has 0 aliphatic heterocycles. The minimum absolute atomic E-state index is 0.602. The standard InChI is InChI=1S/C16H14N2O/c1-11-16(13-7-12(10-19)8-17-9-13)14-5-3-4-6-15(14)18(11)2/h3-10H,1-2H3. The molecule has 0 radical (unpaired) electrons. The SMILES string of the molecule is Cc1c(-c2cncc(C=O)c2)c2ccccc2n1C. The fourth-order valence-corrected chi connectivity index (χ4v) is 2.54. The van der Waals surface area contributed by atoms with Crippen LogP contribution >= 0.6 is 0 Å². The van der Waals surface area contributed by atoms with Crippen molar-refractivity contribution in [2.45, 2.75) is 6.92 Å². The first kappa shape index (κ1) is 11.7. The highest BCUT2D eigenvalue weighted by atomic mass is 16.1. The number of hydrogen-bond acceptors (Lipinski definition) is 2. The van der Waals surface area contributed by atoms with Crippen LogP contribution in [0.15, 0.2) is 42.7 Å². The van der Waals surface area contributed by atoms with Crippen molar-refractivity contribution < 1.29 is 4.79 Å². The fraction of sp³-hybridized carbons (Fsp3) is 0.125. The normalized spacial score (nSPS) is 10.8. The first-order valence-corrected chi connectivity index (χ1v) is 6.17. The van der Waals surface area contributed by atoms with Gasteiger partial charge in [-0.2, -0.15) is 0 Å². The summed E-state index contributed by atoms with van der Waals surface area (Å²) in [4.78, 5) is 15.0. The molecule has 0 fully saturated rings. The van der Waals surface area contributed by atoms with Crippen LogP contribution in [0.3, 0.4) is 0 Å². The van der Waals surface area contributed by atoms with Crippen molar-refractivity contribution >= 4 is 17.2 Å². The Balaban J connectivity index is 2.35. The van der Waals surface area contributed by atoms with Gasteiger partial charge in [0.1, 0.15) is 0 Å². The highest BCUT2D eigenvalue weighted by molar-refractivity contribution is 5.98. The van der Waals surface area contributed by atoms with Gasteiger partial charge in [-0.05, 0) is 19.1 Å². The smallest absolute Gasteiger partial charge is 0.151 e. The van der Waals surface area contributed by atoms with E-state index in [1.807, 2.05) is 24.4 Å². The van der Waals surface area contributed by atoms with Gasteiger partial charge in [-0.25, -0.2) is 0 Å². The number of nitrogens with zero attached hydrogens (tertiary/aromatic N) is 2. The maximum absolute atomic E-state index is 10.9. The van der Waals surface area contributed by atoms with E-state index >= 15 is 0 Å². The number of aldehydes is 1. The fourth-order valence-electron chi connectivity index (χ4n) is 2.54. The zero-order valence-corrected chi connectivity index (χ0v) is 10.9. The molecule has 3 aromatic rings. The van der Waals surface area contributed by atoms with Crippen molar-refractivity contribution in [2.75, 3.05) is 0 Å². The van der Waals surface area contributed by atoms with E-state index in [-0.39, 0.29) is 0 Å². The molecule has 2 aromatic heterocycles. The number of benzene rings is 1. The molecule has 19 heavy (non-hydrogen) atoms. The molecule has 94 valence electrons. The first-order valence-electron chi connectivity index (χ1n) is 6.17. The monoisotopic (exact) mass is 250 g/mol. The molecular weight excluding hydrogens is 236 g/mol. The van der Waals surface area contributed by atoms with Crippen LogP contribution in [0.5, 0.6) is 0 Å². The summed E-state index contributed by atoms with van der Waals surface area (Å²) < 4.78 is 2.16. The Bertz CT molecular complexity index is 772. The molecule has 0 spiro atoms. The Morgan fingerprint density at radius 3 is 2.79 bits per heavy atom. The summed E-state index contributed by atoms with van der Waals surface area (Å²) in [7, 11) is 2.05. The summed E-state index contributed by atoms with van der Waals surface area (Å²) in [6.45, 7) is 2.09. The minimum Gasteiger partial charge on any atom is -0.347 e. The van der Waals surface area contributed by atoms with Gasteiger partial charge < -0.3 is 4.57 Å². The Labute approximate surface area is 111 Å². The third-order valence-corrected chi connectivity index (χ3v) is 3.58. The van der Waals surface area contributed by atoms with E-state index in [0.29, 0.717) is 5.56 Å². The number of carbonyl (C=O) groups excluding carboxylic acids is 1. The van der Waals surface area contributed by atoms with Gasteiger partial charge in [-0.15, -0.1) is 0 Å². The van der Waals surface area contributed by atoms with Crippen molar-refractivity contribution in [1.82, 2.24) is 9.55 Å². The van der Waals surface area contributed by atoms with Gasteiger partial charge in [0, 0.05) is 52.7 Å². The second kappa shape index (κ2) is 4.35. The lowest BCUT2D eigenvalue weighted by molar-refractivity contribution is 0.112. The van der Waals surface area contributed by atoms with Crippen LogP contribution < -0.4 is 0 Å². The Hall–Kier alpha value is -2.42. The van der Waals surface area contributed by atoms with E-state index in [2.05, 4.69) is 35.7 Å². The molecule has 0 saturated carbocycles. The Morgan fingerprint density at radius 2 is 2.00 bits per heavy atom. The second-order valence-corrected chi connectivity index (χ2v) is 4.66. The van der Waals surface area contributed by atoms with Crippen LogP contribution in [-0.2, 0) is 7.05 Å². The quantitative estimate of drug-likeness (QED) is 0.654. The largest absolute Gasteiger partial charge is 0.347 e. The number of fused-ring (bicyclic) bond motifs is 1. The van der Waals surface area contributed by atoms with E-state index in [1.54, 1.807) is 6.20 Å². The molecule has 2 heterocycles. The van der Waals surface area contributed by atoms with E-state index in [1.165, 1.54) is 16.6 Å². The van der Waals surface area contributed by atoms with Gasteiger partial charge in [0.2, 0.25) is 0 Å². The van der Waals surface area contributed by atoms with Crippen LogP contribution in [0, 0.1) is 6.92 Å². The number of aryl methyl sites for hydroxylation is 1. The molecule has 3 nitrogen and oxygen atoms in total. The molecule has 0 aliphatic carbocycles. The topological polar surface area (TPSA) is 34.9 Å². The van der Waals surface area contributed by atoms with Gasteiger partial charge in [-0.1, -0.05) is 18.2 Å². The van der Waals surface area contributed by atoms with Crippen LogP contribution in [0.2, 0.25) is 0 Å². The van der Waals surface area contributed by atoms with E-state index < -0.39 is 0 Å². The number of hydrogen-bond donors (Lipinski definition) is 0. The third-order valence-electron chi connectivity index (χ3n) is 3.58. The first-order chi connectivity index (χ1) is 9.22. The molecule has 3 rings (SSSR count). The van der Waals surface area contributed by atoms with Crippen molar-refractivity contribution in [3.63, 3.8) is 0 Å². The maximum Gasteiger partial charge on any atom is 0.151 e. The van der Waals surface area contributed by atoms with Crippen molar-refractivity contribution in [1.29, 1.82) is 0 Å². The molecule has 0 amide bonds. The van der Waals surface area contributed by atoms with E-state index in [9.17, 15) is 4.79 Å². The summed E-state index contributed by atoms with van der Waals surface area (Å²) in [6, 6.07) is 10.1. The van der Waals surface area contributed by atoms with E-state index in [4.69, 9.17) is 0 Å². The Morgan fingerprint density at radius 1 is 1.21 bits per heavy atom. The Kier molecular flexibility index (Phi) is 2.67. The van der Waals surface area contributed by atoms with Crippen molar-refractivity contribution in [3.8, 4) is 11.1 Å². The molecule has 3 heteroatoms. The average Bonchev–Trinajstić information content (AvgIpc) is 2.72. The number of aromatic nitrogens is 2. The number of pyridine rings is 1. The van der Waals surface area contributed by atoms with Crippen LogP contribution in [0.1, 0.15) is 16.1 Å². The summed E-state index contributed by atoms with van der Waals surface area (Å²) in [5, 5.41) is 1.19. The highest BCUT2D eigenvalue weighted by Gasteiger charge is 2.13. The summed E-state index contributed by atoms with van der Waals surface area (Å²) in [6.07, 6.45) is 4.22. The van der Waals surface area contributed by atoms with Gasteiger partial charge in [0.15, 0.2) is 6.29 Å². The summed E-state index contributed by atoms with van der Waals surface area (Å²) >= 11 is 0. The van der Waals surface area contributed by atoms with Crippen LogP contribution in [0.25, 0.3) is 22.0 Å². The van der Waals surface area contributed by atoms with Crippen LogP contribution in [-0.4, -0.2) is 15.8 Å². The number of carbonyl (C=O) groups is 1. The molecule has 0 bridgehead atoms. The second-order valence-electron chi connectivity index (χ2n) is 4.66. The molecule has 0 N–H and O–H groups in total. The molecule has 0 atom stereocenters. The zero-order valence-electron chi connectivity index (χ0n) is 10.9. The van der Waals surface area contributed by atoms with E-state index in [0.717, 1.165) is 17.4 Å². The summed E-state index contributed by atoms with van der Waals surface area (Å²) in [5.41, 5.74) is 5.09. The summed E-state index contributed by atoms with van der Waals surface area (Å²) in [5.74, 6) is 0. The lowest BCUT2D eigenvalue weighted by Gasteiger charge is -2.03. The number of para-hydroxylation sites is 1. The van der Waals surface area contributed by atoms with Gasteiger partial charge >= 0.3 is 0 Å². The molecule has 1 aromatic carbocycles. The predicted octanol–water partition coefficient (Wildman–Crippen LogP) is 3.36. The lowest BCUT2D eigenvalue weighted by atomic mass is 10.0. The molecule has 0 unspecified atom stereocenters. The van der Waals surface area contributed by atoms with Gasteiger partial charge in [-0.3, -0.25) is 9.78 Å². The third kappa shape index (κ3) is 1.74. The van der Waals surface area contributed by atoms with Crippen molar-refractivity contribution in [2.24, 2.45) is 7.05 Å². The number of rotatable bonds is 2. The van der Waals surface area contributed by atoms with Gasteiger partial charge in [0.25, 0.3) is 0 Å². The van der Waals surface area contributed by atoms with Gasteiger partial charge in [0.05, 0.1) is 0 Å². The molecule has 0 aliphatic rings. The molecule has 0 saturated heterocycles. The maximum atomic E-state index is 10.9.